The van der Waals surface area contributed by atoms with Crippen molar-refractivity contribution in [2.75, 3.05) is 18.1 Å². The molecule has 1 aromatic carbocycles. The molecule has 1 N–H and O–H groups in total. The van der Waals surface area contributed by atoms with Gasteiger partial charge in [-0.1, -0.05) is 0 Å². The molecular weight excluding hydrogens is 293 g/mol. The van der Waals surface area contributed by atoms with E-state index in [-0.39, 0.29) is 28.9 Å². The number of aliphatic hydroxyl groups is 1. The molecule has 4 nitrogen and oxygen atoms in total. The Kier molecular flexibility index (Phi) is 3.26. The first-order chi connectivity index (χ1) is 8.06. The molecule has 0 saturated heterocycles. The van der Waals surface area contributed by atoms with Crippen LogP contribution in [0.4, 0.5) is 10.1 Å². The van der Waals surface area contributed by atoms with Gasteiger partial charge in [0.1, 0.15) is 5.82 Å². The van der Waals surface area contributed by atoms with Crippen LogP contribution in [0.5, 0.6) is 0 Å². The van der Waals surface area contributed by atoms with Crippen molar-refractivity contribution < 1.29 is 19.1 Å². The Balaban J connectivity index is 2.45. The van der Waals surface area contributed by atoms with Gasteiger partial charge in [-0.15, -0.1) is 0 Å². The van der Waals surface area contributed by atoms with Gasteiger partial charge in [0, 0.05) is 13.2 Å². The van der Waals surface area contributed by atoms with Crippen LogP contribution in [-0.4, -0.2) is 29.9 Å². The highest BCUT2D eigenvalue weighted by Gasteiger charge is 2.36. The summed E-state index contributed by atoms with van der Waals surface area (Å²) >= 11 is 2.97. The van der Waals surface area contributed by atoms with Crippen LogP contribution in [0, 0.1) is 5.82 Å². The van der Waals surface area contributed by atoms with E-state index < -0.39 is 17.5 Å². The summed E-state index contributed by atoms with van der Waals surface area (Å²) in [6, 6.07) is 2.46. The molecule has 0 bridgehead atoms. The second kappa shape index (κ2) is 4.54. The number of ketones is 1. The normalized spacial score (nSPS) is 14.4. The van der Waals surface area contributed by atoms with Gasteiger partial charge in [0.25, 0.3) is 11.7 Å². The highest BCUT2D eigenvalue weighted by atomic mass is 79.9. The van der Waals surface area contributed by atoms with Gasteiger partial charge in [-0.25, -0.2) is 4.39 Å². The van der Waals surface area contributed by atoms with Crippen LogP contribution in [0.3, 0.4) is 0 Å². The van der Waals surface area contributed by atoms with E-state index in [1.807, 2.05) is 0 Å². The van der Waals surface area contributed by atoms with Gasteiger partial charge >= 0.3 is 0 Å². The standard InChI is InChI=1S/C11H9BrFNO3/c12-7-4-6-9(5-8(7)13)14(2-1-3-15)11(17)10(6)16/h4-5,15H,1-3H2. The van der Waals surface area contributed by atoms with Gasteiger partial charge in [-0.05, 0) is 34.5 Å². The Hall–Kier alpha value is -1.27. The van der Waals surface area contributed by atoms with Crippen LogP contribution < -0.4 is 4.90 Å². The van der Waals surface area contributed by atoms with E-state index in [0.717, 1.165) is 6.07 Å². The van der Waals surface area contributed by atoms with E-state index in [1.165, 1.54) is 11.0 Å². The van der Waals surface area contributed by atoms with Gasteiger partial charge < -0.3 is 10.0 Å². The lowest BCUT2D eigenvalue weighted by Crippen LogP contribution is -2.31. The molecule has 90 valence electrons. The fourth-order valence-electron chi connectivity index (χ4n) is 1.74. The molecule has 0 aromatic heterocycles. The molecule has 0 aliphatic carbocycles. The predicted octanol–water partition coefficient (Wildman–Crippen LogP) is 1.50. The molecule has 1 aliphatic heterocycles. The molecule has 1 heterocycles. The van der Waals surface area contributed by atoms with Crippen LogP contribution in [-0.2, 0) is 4.79 Å². The van der Waals surface area contributed by atoms with Crippen molar-refractivity contribution >= 4 is 33.3 Å². The van der Waals surface area contributed by atoms with Crippen molar-refractivity contribution in [3.63, 3.8) is 0 Å². The first kappa shape index (κ1) is 12.2. The quantitative estimate of drug-likeness (QED) is 0.861. The lowest BCUT2D eigenvalue weighted by atomic mass is 10.1. The number of halogens is 2. The van der Waals surface area contributed by atoms with Crippen molar-refractivity contribution in [1.29, 1.82) is 0 Å². The maximum atomic E-state index is 13.4. The molecule has 0 atom stereocenters. The number of fused-ring (bicyclic) bond motifs is 1. The van der Waals surface area contributed by atoms with Crippen molar-refractivity contribution in [3.8, 4) is 0 Å². The maximum absolute atomic E-state index is 13.4. The lowest BCUT2D eigenvalue weighted by molar-refractivity contribution is -0.114. The van der Waals surface area contributed by atoms with Crippen molar-refractivity contribution in [2.45, 2.75) is 6.42 Å². The largest absolute Gasteiger partial charge is 0.396 e. The van der Waals surface area contributed by atoms with E-state index in [0.29, 0.717) is 6.42 Å². The summed E-state index contributed by atoms with van der Waals surface area (Å²) in [5.41, 5.74) is 0.468. The summed E-state index contributed by atoms with van der Waals surface area (Å²) in [4.78, 5) is 24.5. The number of nitrogens with zero attached hydrogens (tertiary/aromatic N) is 1. The number of aliphatic hydroxyl groups excluding tert-OH is 1. The third kappa shape index (κ3) is 1.98. The SMILES string of the molecule is O=C1C(=O)N(CCCO)c2cc(F)c(Br)cc21. The summed E-state index contributed by atoms with van der Waals surface area (Å²) in [6.07, 6.45) is 0.343. The zero-order valence-electron chi connectivity index (χ0n) is 8.74. The van der Waals surface area contributed by atoms with Crippen molar-refractivity contribution in [2.24, 2.45) is 0 Å². The second-order valence-electron chi connectivity index (χ2n) is 3.65. The monoisotopic (exact) mass is 301 g/mol. The van der Waals surface area contributed by atoms with Crippen LogP contribution in [0.15, 0.2) is 16.6 Å². The number of anilines is 1. The third-order valence-corrected chi connectivity index (χ3v) is 3.16. The molecule has 1 aromatic rings. The number of carbonyl (C=O) groups excluding carboxylic acids is 2. The van der Waals surface area contributed by atoms with Gasteiger partial charge in [-0.2, -0.15) is 0 Å². The molecule has 2 rings (SSSR count). The maximum Gasteiger partial charge on any atom is 0.299 e. The van der Waals surface area contributed by atoms with Crippen LogP contribution in [0.1, 0.15) is 16.8 Å². The minimum atomic E-state index is -0.675. The average molecular weight is 302 g/mol. The molecule has 0 fully saturated rings. The number of hydrogen-bond donors (Lipinski definition) is 1. The third-order valence-electron chi connectivity index (χ3n) is 2.55. The molecule has 0 spiro atoms. The molecule has 1 aliphatic rings. The topological polar surface area (TPSA) is 57.6 Å². The summed E-state index contributed by atoms with van der Waals surface area (Å²) in [7, 11) is 0. The molecule has 1 amide bonds. The predicted molar refractivity (Wildman–Crippen MR) is 62.5 cm³/mol. The Labute approximate surface area is 105 Å². The van der Waals surface area contributed by atoms with Crippen LogP contribution in [0.2, 0.25) is 0 Å². The Morgan fingerprint density at radius 2 is 2.06 bits per heavy atom. The summed E-state index contributed by atoms with van der Waals surface area (Å²) in [5, 5.41) is 8.72. The van der Waals surface area contributed by atoms with Gasteiger partial charge in [0.15, 0.2) is 0 Å². The first-order valence-corrected chi connectivity index (χ1v) is 5.81. The van der Waals surface area contributed by atoms with Gasteiger partial charge in [0.05, 0.1) is 15.7 Å². The van der Waals surface area contributed by atoms with E-state index in [1.54, 1.807) is 0 Å². The Morgan fingerprint density at radius 1 is 1.35 bits per heavy atom. The van der Waals surface area contributed by atoms with Crippen molar-refractivity contribution in [3.05, 3.63) is 28.0 Å². The van der Waals surface area contributed by atoms with E-state index >= 15 is 0 Å². The average Bonchev–Trinajstić information content (AvgIpc) is 2.52. The zero-order valence-corrected chi connectivity index (χ0v) is 10.3. The van der Waals surface area contributed by atoms with E-state index in [4.69, 9.17) is 5.11 Å². The van der Waals surface area contributed by atoms with E-state index in [9.17, 15) is 14.0 Å². The highest BCUT2D eigenvalue weighted by molar-refractivity contribution is 9.10. The Bertz CT molecular complexity index is 504. The number of Topliss-reactive ketones (excluding diaryl/α,β-unsaturated/α-hetero) is 1. The smallest absolute Gasteiger partial charge is 0.299 e. The minimum Gasteiger partial charge on any atom is -0.396 e. The summed E-state index contributed by atoms with van der Waals surface area (Å²) < 4.78 is 13.5. The second-order valence-corrected chi connectivity index (χ2v) is 4.50. The van der Waals surface area contributed by atoms with Crippen LogP contribution >= 0.6 is 15.9 Å². The van der Waals surface area contributed by atoms with Gasteiger partial charge in [0.2, 0.25) is 0 Å². The van der Waals surface area contributed by atoms with Gasteiger partial charge in [-0.3, -0.25) is 9.59 Å². The number of hydrogen-bond acceptors (Lipinski definition) is 3. The zero-order chi connectivity index (χ0) is 12.6. The fourth-order valence-corrected chi connectivity index (χ4v) is 2.08. The number of rotatable bonds is 3. The first-order valence-electron chi connectivity index (χ1n) is 5.02. The number of carbonyl (C=O) groups is 2. The lowest BCUT2D eigenvalue weighted by Gasteiger charge is -2.15. The van der Waals surface area contributed by atoms with Crippen LogP contribution in [0.25, 0.3) is 0 Å². The fraction of sp³-hybridized carbons (Fsp3) is 0.273. The van der Waals surface area contributed by atoms with Crippen molar-refractivity contribution in [1.82, 2.24) is 0 Å². The number of benzene rings is 1. The molecular formula is C11H9BrFNO3. The number of amides is 1. The molecule has 0 unspecified atom stereocenters. The molecule has 0 radical (unpaired) electrons. The highest BCUT2D eigenvalue weighted by Crippen LogP contribution is 2.33. The Morgan fingerprint density at radius 3 is 2.71 bits per heavy atom. The summed E-state index contributed by atoms with van der Waals surface area (Å²) in [6.45, 7) is 0.113. The van der Waals surface area contributed by atoms with E-state index in [2.05, 4.69) is 15.9 Å². The molecule has 0 saturated carbocycles. The molecule has 6 heteroatoms. The minimum absolute atomic E-state index is 0.0910. The summed E-state index contributed by atoms with van der Waals surface area (Å²) in [5.74, 6) is -1.84. The molecule has 17 heavy (non-hydrogen) atoms.